The number of benzene rings is 2. The Labute approximate surface area is 207 Å². The molecule has 1 fully saturated rings. The first-order valence-electron chi connectivity index (χ1n) is 11.9. The summed E-state index contributed by atoms with van der Waals surface area (Å²) >= 11 is 1.65. The number of rotatable bonds is 5. The lowest BCUT2D eigenvalue weighted by molar-refractivity contribution is -0.137. The van der Waals surface area contributed by atoms with Gasteiger partial charge in [-0.05, 0) is 67.1 Å². The summed E-state index contributed by atoms with van der Waals surface area (Å²) in [6, 6.07) is 16.2. The molecule has 0 spiro atoms. The van der Waals surface area contributed by atoms with Crippen molar-refractivity contribution in [1.82, 2.24) is 5.32 Å². The minimum Gasteiger partial charge on any atom is -0.368 e. The molecule has 184 valence electrons. The predicted molar refractivity (Wildman–Crippen MR) is 134 cm³/mol. The highest BCUT2D eigenvalue weighted by Crippen LogP contribution is 2.40. The van der Waals surface area contributed by atoms with Gasteiger partial charge >= 0.3 is 6.18 Å². The first-order valence-corrected chi connectivity index (χ1v) is 12.8. The van der Waals surface area contributed by atoms with E-state index < -0.39 is 17.7 Å². The third kappa shape index (κ3) is 5.03. The molecule has 0 bridgehead atoms. The Bertz CT molecular complexity index is 1180. The molecule has 2 atom stereocenters. The molecule has 0 radical (unpaired) electrons. The molecule has 4 nitrogen and oxygen atoms in total. The fourth-order valence-electron chi connectivity index (χ4n) is 5.18. The lowest BCUT2D eigenvalue weighted by Crippen LogP contribution is -2.61. The number of fused-ring (bicyclic) bond motifs is 3. The Kier molecular flexibility index (Phi) is 6.49. The SMILES string of the molecule is Cc1ccc(N2CCN3c4ccc(C(F)(F)F)cc4C[C@@H](C(=O)NCCc4cccs4)[C@H]3C2)cc1. The van der Waals surface area contributed by atoms with E-state index in [9.17, 15) is 18.0 Å². The average Bonchev–Trinajstić information content (AvgIpc) is 3.36. The van der Waals surface area contributed by atoms with Gasteiger partial charge in [0.2, 0.25) is 5.91 Å². The van der Waals surface area contributed by atoms with Crippen molar-refractivity contribution >= 4 is 28.6 Å². The van der Waals surface area contributed by atoms with Crippen LogP contribution in [0.2, 0.25) is 0 Å². The van der Waals surface area contributed by atoms with Crippen LogP contribution in [-0.4, -0.2) is 38.1 Å². The monoisotopic (exact) mass is 499 g/mol. The number of alkyl halides is 3. The van der Waals surface area contributed by atoms with Crippen LogP contribution >= 0.6 is 11.3 Å². The maximum absolute atomic E-state index is 13.4. The molecule has 8 heteroatoms. The summed E-state index contributed by atoms with van der Waals surface area (Å²) in [6.07, 6.45) is -3.36. The molecule has 1 saturated heterocycles. The van der Waals surface area contributed by atoms with Gasteiger partial charge in [0.1, 0.15) is 0 Å². The highest BCUT2D eigenvalue weighted by Gasteiger charge is 2.42. The maximum atomic E-state index is 13.4. The smallest absolute Gasteiger partial charge is 0.368 e. The topological polar surface area (TPSA) is 35.6 Å². The van der Waals surface area contributed by atoms with Crippen LogP contribution in [-0.2, 0) is 23.8 Å². The molecule has 2 aliphatic heterocycles. The molecule has 0 unspecified atom stereocenters. The Morgan fingerprint density at radius 3 is 2.63 bits per heavy atom. The van der Waals surface area contributed by atoms with E-state index in [1.54, 1.807) is 17.4 Å². The molecule has 3 heterocycles. The molecule has 2 aliphatic rings. The lowest BCUT2D eigenvalue weighted by atomic mass is 9.82. The minimum absolute atomic E-state index is 0.0922. The standard InChI is InChI=1S/C27H28F3N3OS/c1-18-4-7-21(8-5-18)32-12-13-33-24-9-6-20(27(28,29)30)15-19(24)16-23(25(33)17-32)26(34)31-11-10-22-3-2-14-35-22/h2-9,14-15,23,25H,10-13,16-17H2,1H3,(H,31,34)/t23-,25-/m1/s1. The normalized spacial score (nSPS) is 19.8. The van der Waals surface area contributed by atoms with Gasteiger partial charge in [0.15, 0.2) is 0 Å². The number of carbonyl (C=O) groups is 1. The summed E-state index contributed by atoms with van der Waals surface area (Å²) < 4.78 is 40.2. The number of halogens is 3. The maximum Gasteiger partial charge on any atom is 0.416 e. The van der Waals surface area contributed by atoms with Crippen molar-refractivity contribution in [1.29, 1.82) is 0 Å². The number of carbonyl (C=O) groups excluding carboxylic acids is 1. The predicted octanol–water partition coefficient (Wildman–Crippen LogP) is 5.30. The van der Waals surface area contributed by atoms with Gasteiger partial charge in [0, 0.05) is 42.4 Å². The molecule has 0 aliphatic carbocycles. The highest BCUT2D eigenvalue weighted by molar-refractivity contribution is 7.09. The Balaban J connectivity index is 1.41. The third-order valence-electron chi connectivity index (χ3n) is 7.03. The number of nitrogens with zero attached hydrogens (tertiary/aromatic N) is 2. The highest BCUT2D eigenvalue weighted by atomic mass is 32.1. The van der Waals surface area contributed by atoms with E-state index in [2.05, 4.69) is 39.4 Å². The summed E-state index contributed by atoms with van der Waals surface area (Å²) in [5, 5.41) is 5.07. The van der Waals surface area contributed by atoms with Gasteiger partial charge < -0.3 is 15.1 Å². The van der Waals surface area contributed by atoms with Gasteiger partial charge in [0.25, 0.3) is 0 Å². The van der Waals surface area contributed by atoms with E-state index in [0.29, 0.717) is 31.6 Å². The summed E-state index contributed by atoms with van der Waals surface area (Å²) in [7, 11) is 0. The van der Waals surface area contributed by atoms with E-state index in [1.165, 1.54) is 16.5 Å². The fraction of sp³-hybridized carbons (Fsp3) is 0.370. The Morgan fingerprint density at radius 2 is 1.91 bits per heavy atom. The van der Waals surface area contributed by atoms with Gasteiger partial charge in [-0.1, -0.05) is 23.8 Å². The molecule has 1 amide bonds. The van der Waals surface area contributed by atoms with Crippen LogP contribution in [0, 0.1) is 12.8 Å². The molecule has 5 rings (SSSR count). The molecular formula is C27H28F3N3OS. The van der Waals surface area contributed by atoms with Gasteiger partial charge in [-0.3, -0.25) is 4.79 Å². The number of aryl methyl sites for hydroxylation is 1. The van der Waals surface area contributed by atoms with E-state index in [4.69, 9.17) is 0 Å². The first kappa shape index (κ1) is 23.7. The van der Waals surface area contributed by atoms with Crippen LogP contribution in [0.15, 0.2) is 60.0 Å². The fourth-order valence-corrected chi connectivity index (χ4v) is 5.89. The molecule has 2 aromatic carbocycles. The van der Waals surface area contributed by atoms with Crippen molar-refractivity contribution in [2.75, 3.05) is 36.0 Å². The van der Waals surface area contributed by atoms with Crippen LogP contribution in [0.5, 0.6) is 0 Å². The lowest BCUT2D eigenvalue weighted by Gasteiger charge is -2.49. The summed E-state index contributed by atoms with van der Waals surface area (Å²) in [5.41, 5.74) is 3.03. The molecule has 0 saturated carbocycles. The van der Waals surface area contributed by atoms with Crippen molar-refractivity contribution in [2.45, 2.75) is 32.0 Å². The number of anilines is 2. The van der Waals surface area contributed by atoms with Gasteiger partial charge in [-0.15, -0.1) is 11.3 Å². The second-order valence-corrected chi connectivity index (χ2v) is 10.3. The van der Waals surface area contributed by atoms with E-state index >= 15 is 0 Å². The molecule has 35 heavy (non-hydrogen) atoms. The average molecular weight is 500 g/mol. The molecule has 1 N–H and O–H groups in total. The van der Waals surface area contributed by atoms with Gasteiger partial charge in [-0.2, -0.15) is 13.2 Å². The molecular weight excluding hydrogens is 471 g/mol. The van der Waals surface area contributed by atoms with Crippen molar-refractivity contribution in [3.8, 4) is 0 Å². The van der Waals surface area contributed by atoms with Crippen LogP contribution in [0.1, 0.15) is 21.6 Å². The first-order chi connectivity index (χ1) is 16.8. The largest absolute Gasteiger partial charge is 0.416 e. The zero-order valence-corrected chi connectivity index (χ0v) is 20.3. The number of piperazine rings is 1. The van der Waals surface area contributed by atoms with Crippen LogP contribution in [0.4, 0.5) is 24.5 Å². The number of hydrogen-bond donors (Lipinski definition) is 1. The second kappa shape index (κ2) is 9.57. The van der Waals surface area contributed by atoms with Gasteiger partial charge in [0.05, 0.1) is 17.5 Å². The number of thiophene rings is 1. The number of hydrogen-bond acceptors (Lipinski definition) is 4. The Hall–Kier alpha value is -3.00. The molecule has 1 aromatic heterocycles. The summed E-state index contributed by atoms with van der Waals surface area (Å²) in [6.45, 7) is 4.60. The molecule has 3 aromatic rings. The quantitative estimate of drug-likeness (QED) is 0.518. The third-order valence-corrected chi connectivity index (χ3v) is 7.96. The summed E-state index contributed by atoms with van der Waals surface area (Å²) in [5.74, 6) is -0.520. The van der Waals surface area contributed by atoms with E-state index in [1.807, 2.05) is 24.4 Å². The zero-order chi connectivity index (χ0) is 24.6. The van der Waals surface area contributed by atoms with Crippen molar-refractivity contribution in [3.63, 3.8) is 0 Å². The summed E-state index contributed by atoms with van der Waals surface area (Å²) in [4.78, 5) is 19.0. The number of nitrogens with one attached hydrogen (secondary N) is 1. The zero-order valence-electron chi connectivity index (χ0n) is 19.5. The second-order valence-electron chi connectivity index (χ2n) is 9.31. The van der Waals surface area contributed by atoms with E-state index in [0.717, 1.165) is 30.4 Å². The van der Waals surface area contributed by atoms with Crippen LogP contribution in [0.25, 0.3) is 0 Å². The van der Waals surface area contributed by atoms with E-state index in [-0.39, 0.29) is 11.9 Å². The minimum atomic E-state index is -4.41. The van der Waals surface area contributed by atoms with Crippen molar-refractivity contribution < 1.29 is 18.0 Å². The van der Waals surface area contributed by atoms with Crippen LogP contribution < -0.4 is 15.1 Å². The van der Waals surface area contributed by atoms with Gasteiger partial charge in [-0.25, -0.2) is 0 Å². The number of amides is 1. The van der Waals surface area contributed by atoms with Crippen molar-refractivity contribution in [3.05, 3.63) is 81.5 Å². The van der Waals surface area contributed by atoms with Crippen LogP contribution in [0.3, 0.4) is 0 Å². The Morgan fingerprint density at radius 1 is 1.11 bits per heavy atom. The van der Waals surface area contributed by atoms with Crippen molar-refractivity contribution in [2.24, 2.45) is 5.92 Å².